The minimum Gasteiger partial charge on any atom is -0.445 e. The molecule has 262 valence electrons. The van der Waals surface area contributed by atoms with Gasteiger partial charge in [0.05, 0.1) is 18.3 Å². The third-order valence-corrected chi connectivity index (χ3v) is 8.80. The first-order chi connectivity index (χ1) is 23.3. The molecule has 2 fully saturated rings. The van der Waals surface area contributed by atoms with Crippen LogP contribution in [0.25, 0.3) is 5.70 Å². The average molecular weight is 678 g/mol. The molecule has 2 aromatic rings. The van der Waals surface area contributed by atoms with E-state index in [1.807, 2.05) is 37.3 Å². The summed E-state index contributed by atoms with van der Waals surface area (Å²) in [4.78, 5) is 74.6. The number of halogens is 1. The Morgan fingerprint density at radius 2 is 1.73 bits per heavy atom. The second-order valence-electron chi connectivity index (χ2n) is 14.0. The third-order valence-electron chi connectivity index (χ3n) is 8.80. The van der Waals surface area contributed by atoms with E-state index >= 15 is 0 Å². The van der Waals surface area contributed by atoms with Crippen LogP contribution in [0.5, 0.6) is 0 Å². The predicted molar refractivity (Wildman–Crippen MR) is 177 cm³/mol. The molecule has 13 heteroatoms. The minimum atomic E-state index is -1.18. The van der Waals surface area contributed by atoms with Crippen molar-refractivity contribution in [3.05, 3.63) is 77.6 Å². The van der Waals surface area contributed by atoms with Gasteiger partial charge < -0.3 is 25.6 Å². The van der Waals surface area contributed by atoms with E-state index < -0.39 is 64.6 Å². The van der Waals surface area contributed by atoms with Crippen molar-refractivity contribution in [3.8, 4) is 0 Å². The summed E-state index contributed by atoms with van der Waals surface area (Å²) in [5, 5.41) is 8.12. The number of ether oxygens (including phenoxy) is 1. The number of hydrogen-bond donors (Lipinski definition) is 4. The van der Waals surface area contributed by atoms with Gasteiger partial charge in [0, 0.05) is 12.5 Å². The predicted octanol–water partition coefficient (Wildman–Crippen LogP) is 3.51. The van der Waals surface area contributed by atoms with Crippen LogP contribution in [0.3, 0.4) is 0 Å². The zero-order chi connectivity index (χ0) is 35.3. The highest BCUT2D eigenvalue weighted by atomic mass is 19.1. The maximum Gasteiger partial charge on any atom is 0.408 e. The van der Waals surface area contributed by atoms with Crippen molar-refractivity contribution in [2.24, 2.45) is 5.41 Å². The smallest absolute Gasteiger partial charge is 0.408 e. The summed E-state index contributed by atoms with van der Waals surface area (Å²) in [6.45, 7) is 7.09. The number of likely N-dealkylation sites (tertiary alicyclic amines) is 1. The number of benzene rings is 2. The molecule has 4 amide bonds. The molecule has 2 aromatic carbocycles. The molecule has 1 saturated heterocycles. The molecule has 4 atom stereocenters. The highest BCUT2D eigenvalue weighted by Crippen LogP contribution is 2.39. The van der Waals surface area contributed by atoms with Gasteiger partial charge in [-0.05, 0) is 66.1 Å². The zero-order valence-corrected chi connectivity index (χ0v) is 28.2. The maximum atomic E-state index is 14.4. The normalized spacial score (nSPS) is 21.3. The van der Waals surface area contributed by atoms with E-state index in [1.54, 1.807) is 39.0 Å². The molecule has 1 spiro atoms. The summed E-state index contributed by atoms with van der Waals surface area (Å²) in [6.07, 6.45) is 3.28. The number of nitrogens with one attached hydrogen (secondary N) is 4. The Balaban J connectivity index is 1.40. The summed E-state index contributed by atoms with van der Waals surface area (Å²) in [5.41, 5.74) is 2.80. The van der Waals surface area contributed by atoms with E-state index in [9.17, 15) is 28.4 Å². The quantitative estimate of drug-likeness (QED) is 0.249. The molecule has 1 aliphatic carbocycles. The monoisotopic (exact) mass is 677 g/mol. The molecule has 3 aliphatic rings. The molecule has 2 aliphatic heterocycles. The summed E-state index contributed by atoms with van der Waals surface area (Å²) >= 11 is 0. The van der Waals surface area contributed by atoms with E-state index in [-0.39, 0.29) is 32.0 Å². The van der Waals surface area contributed by atoms with Crippen LogP contribution in [0.15, 0.2) is 60.7 Å². The lowest BCUT2D eigenvalue weighted by Gasteiger charge is -2.35. The number of nitrogens with zero attached hydrogens (tertiary/aromatic N) is 1. The number of carbonyl (C=O) groups excluding carboxylic acids is 5. The van der Waals surface area contributed by atoms with E-state index in [2.05, 4.69) is 21.4 Å². The lowest BCUT2D eigenvalue weighted by atomic mass is 9.85. The van der Waals surface area contributed by atoms with Crippen molar-refractivity contribution >= 4 is 35.3 Å². The summed E-state index contributed by atoms with van der Waals surface area (Å²) in [7, 11) is 0. The zero-order valence-electron chi connectivity index (χ0n) is 28.2. The van der Waals surface area contributed by atoms with E-state index in [1.165, 1.54) is 17.0 Å². The minimum absolute atomic E-state index is 0.00110. The van der Waals surface area contributed by atoms with Crippen molar-refractivity contribution in [2.45, 2.75) is 96.2 Å². The maximum absolute atomic E-state index is 14.4. The Morgan fingerprint density at radius 3 is 2.37 bits per heavy atom. The standard InChI is InChI=1S/C36H44FN5O7/c1-5-9-26(29(43)32(45)38-25-16-17-25)39-31(44)28-19-36(18-27(41-49-36)23-12-14-24(37)15-13-23)21-42(28)33(46)30(35(2,3)4)40-34(47)48-20-22-10-7-6-8-11-22/h6-8,10-15,18,25-26,28,30,41H,5,9,16-17,19-21H2,1-4H3,(H,38,45)(H,39,44)(H,40,47)/t26-,28-,30+,36+/m0/s1. The fourth-order valence-electron chi connectivity index (χ4n) is 5.96. The number of alkyl carbamates (subject to hydrolysis) is 1. The van der Waals surface area contributed by atoms with Crippen LogP contribution in [0.1, 0.15) is 70.9 Å². The second-order valence-corrected chi connectivity index (χ2v) is 14.0. The largest absolute Gasteiger partial charge is 0.445 e. The molecular weight excluding hydrogens is 633 g/mol. The fourth-order valence-corrected chi connectivity index (χ4v) is 5.96. The first-order valence-electron chi connectivity index (χ1n) is 16.6. The highest BCUT2D eigenvalue weighted by molar-refractivity contribution is 6.38. The lowest BCUT2D eigenvalue weighted by molar-refractivity contribution is -0.144. The van der Waals surface area contributed by atoms with Crippen molar-refractivity contribution in [2.75, 3.05) is 6.54 Å². The van der Waals surface area contributed by atoms with Crippen molar-refractivity contribution in [3.63, 3.8) is 0 Å². The number of ketones is 1. The van der Waals surface area contributed by atoms with Crippen LogP contribution in [0, 0.1) is 11.2 Å². The molecule has 49 heavy (non-hydrogen) atoms. The van der Waals surface area contributed by atoms with Crippen LogP contribution in [0.4, 0.5) is 9.18 Å². The van der Waals surface area contributed by atoms with Crippen LogP contribution < -0.4 is 21.4 Å². The molecule has 12 nitrogen and oxygen atoms in total. The number of hydroxylamine groups is 1. The highest BCUT2D eigenvalue weighted by Gasteiger charge is 2.54. The summed E-state index contributed by atoms with van der Waals surface area (Å²) < 4.78 is 19.0. The topological polar surface area (TPSA) is 155 Å². The molecule has 2 heterocycles. The van der Waals surface area contributed by atoms with Gasteiger partial charge >= 0.3 is 6.09 Å². The summed E-state index contributed by atoms with van der Waals surface area (Å²) in [6, 6.07) is 11.5. The third kappa shape index (κ3) is 8.83. The van der Waals surface area contributed by atoms with Crippen LogP contribution >= 0.6 is 0 Å². The summed E-state index contributed by atoms with van der Waals surface area (Å²) in [5.74, 6) is -3.10. The first kappa shape index (κ1) is 35.5. The number of rotatable bonds is 12. The van der Waals surface area contributed by atoms with Gasteiger partial charge in [-0.3, -0.25) is 29.5 Å². The van der Waals surface area contributed by atoms with Crippen LogP contribution in [-0.2, 0) is 35.4 Å². The number of Topliss-reactive ketones (excluding diaryl/α,β-unsaturated/α-hetero) is 1. The lowest BCUT2D eigenvalue weighted by Crippen LogP contribution is -2.59. The van der Waals surface area contributed by atoms with Gasteiger partial charge in [0.2, 0.25) is 17.6 Å². The van der Waals surface area contributed by atoms with Crippen molar-refractivity contribution < 1.29 is 37.9 Å². The van der Waals surface area contributed by atoms with Gasteiger partial charge in [0.25, 0.3) is 5.91 Å². The number of carbonyl (C=O) groups is 5. The molecule has 1 saturated carbocycles. The molecule has 0 unspecified atom stereocenters. The van der Waals surface area contributed by atoms with Crippen molar-refractivity contribution in [1.29, 1.82) is 0 Å². The Labute approximate surface area is 285 Å². The van der Waals surface area contributed by atoms with E-state index in [4.69, 9.17) is 9.57 Å². The fraction of sp³-hybridized carbons (Fsp3) is 0.472. The molecule has 0 bridgehead atoms. The SMILES string of the molecule is CCC[C@H](NC(=O)[C@@H]1C[C@]2(C=C(c3ccc(F)cc3)NO2)CN1C(=O)[C@@H](NC(=O)OCc1ccccc1)C(C)(C)C)C(=O)C(=O)NC1CC1. The average Bonchev–Trinajstić information content (AvgIpc) is 3.67. The van der Waals surface area contributed by atoms with Gasteiger partial charge in [0.15, 0.2) is 0 Å². The molecular formula is C36H44FN5O7. The Bertz CT molecular complexity index is 1590. The Kier molecular flexibility index (Phi) is 10.7. The Morgan fingerprint density at radius 1 is 1.04 bits per heavy atom. The van der Waals surface area contributed by atoms with Crippen molar-refractivity contribution in [1.82, 2.24) is 26.3 Å². The first-order valence-corrected chi connectivity index (χ1v) is 16.6. The molecule has 4 N–H and O–H groups in total. The van der Waals surface area contributed by atoms with Crippen LogP contribution in [0.2, 0.25) is 0 Å². The molecule has 0 aromatic heterocycles. The van der Waals surface area contributed by atoms with Gasteiger partial charge in [0.1, 0.15) is 30.1 Å². The molecule has 5 rings (SSSR count). The van der Waals surface area contributed by atoms with Gasteiger partial charge in [-0.15, -0.1) is 0 Å². The molecule has 0 radical (unpaired) electrons. The number of hydrogen-bond acceptors (Lipinski definition) is 8. The van der Waals surface area contributed by atoms with Gasteiger partial charge in [-0.2, -0.15) is 0 Å². The van der Waals surface area contributed by atoms with Gasteiger partial charge in [-0.1, -0.05) is 64.4 Å². The second kappa shape index (κ2) is 14.8. The van der Waals surface area contributed by atoms with Gasteiger partial charge in [-0.25, -0.2) is 9.18 Å². The van der Waals surface area contributed by atoms with Crippen LogP contribution in [-0.4, -0.2) is 70.8 Å². The van der Waals surface area contributed by atoms with E-state index in [0.29, 0.717) is 17.7 Å². The van der Waals surface area contributed by atoms with E-state index in [0.717, 1.165) is 18.4 Å². The number of amides is 4. The Hall–Kier alpha value is -4.78.